The van der Waals surface area contributed by atoms with E-state index in [1.807, 2.05) is 0 Å². The summed E-state index contributed by atoms with van der Waals surface area (Å²) in [5.74, 6) is -1.17. The van der Waals surface area contributed by atoms with Gasteiger partial charge in [-0.25, -0.2) is 0 Å². The van der Waals surface area contributed by atoms with Crippen LogP contribution in [0.15, 0.2) is 12.4 Å². The highest BCUT2D eigenvalue weighted by molar-refractivity contribution is 5.77. The molecule has 1 amide bonds. The average Bonchev–Trinajstić information content (AvgIpc) is 2.85. The molecular weight excluding hydrogens is 304 g/mol. The molecule has 9 nitrogen and oxygen atoms in total. The topological polar surface area (TPSA) is 108 Å². The number of ether oxygens (including phenoxy) is 1. The van der Waals surface area contributed by atoms with Crippen molar-refractivity contribution in [3.05, 3.63) is 22.5 Å². The Balaban J connectivity index is 2.56. The standard InChI is InChI=1S/C14H22N4O5/c1-10(13(20)23-14(2,3)4)7-16(5)12(19)9-17-8-11(6-15-17)18(21)22/h6,8,10H,7,9H2,1-5H3. The lowest BCUT2D eigenvalue weighted by molar-refractivity contribution is -0.385. The quantitative estimate of drug-likeness (QED) is 0.442. The monoisotopic (exact) mass is 326 g/mol. The summed E-state index contributed by atoms with van der Waals surface area (Å²) in [6.07, 6.45) is 2.26. The number of rotatable bonds is 6. The molecule has 1 atom stereocenters. The van der Waals surface area contributed by atoms with Crippen LogP contribution in [0.4, 0.5) is 5.69 Å². The van der Waals surface area contributed by atoms with Gasteiger partial charge in [0, 0.05) is 13.6 Å². The highest BCUT2D eigenvalue weighted by Gasteiger charge is 2.24. The molecule has 128 valence electrons. The zero-order chi connectivity index (χ0) is 17.8. The van der Waals surface area contributed by atoms with E-state index >= 15 is 0 Å². The minimum absolute atomic E-state index is 0.134. The van der Waals surface area contributed by atoms with Gasteiger partial charge in [-0.15, -0.1) is 0 Å². The largest absolute Gasteiger partial charge is 0.460 e. The van der Waals surface area contributed by atoms with Gasteiger partial charge >= 0.3 is 11.7 Å². The maximum absolute atomic E-state index is 12.1. The Morgan fingerprint density at radius 3 is 2.57 bits per heavy atom. The van der Waals surface area contributed by atoms with E-state index in [0.29, 0.717) is 0 Å². The van der Waals surface area contributed by atoms with Gasteiger partial charge < -0.3 is 9.64 Å². The predicted octanol–water partition coefficient (Wildman–Crippen LogP) is 1.23. The van der Waals surface area contributed by atoms with E-state index in [0.717, 1.165) is 6.20 Å². The third-order valence-electron chi connectivity index (χ3n) is 2.91. The van der Waals surface area contributed by atoms with Crippen molar-refractivity contribution in [1.82, 2.24) is 14.7 Å². The molecule has 1 aromatic rings. The smallest absolute Gasteiger partial charge is 0.310 e. The fourth-order valence-corrected chi connectivity index (χ4v) is 1.78. The first kappa shape index (κ1) is 18.6. The number of carbonyl (C=O) groups is 2. The lowest BCUT2D eigenvalue weighted by Crippen LogP contribution is -2.38. The summed E-state index contributed by atoms with van der Waals surface area (Å²) in [5.41, 5.74) is -0.760. The minimum Gasteiger partial charge on any atom is -0.460 e. The van der Waals surface area contributed by atoms with Crippen LogP contribution in [0.5, 0.6) is 0 Å². The Morgan fingerprint density at radius 2 is 2.09 bits per heavy atom. The number of amides is 1. The maximum atomic E-state index is 12.1. The number of nitro groups is 1. The van der Waals surface area contributed by atoms with Crippen LogP contribution >= 0.6 is 0 Å². The Kier molecular flexibility index (Phi) is 5.83. The lowest BCUT2D eigenvalue weighted by atomic mass is 10.1. The molecule has 0 aliphatic carbocycles. The van der Waals surface area contributed by atoms with Crippen molar-refractivity contribution in [2.75, 3.05) is 13.6 Å². The molecule has 1 heterocycles. The summed E-state index contributed by atoms with van der Waals surface area (Å²) in [6.45, 7) is 7.06. The number of carbonyl (C=O) groups excluding carboxylic acids is 2. The van der Waals surface area contributed by atoms with E-state index in [1.54, 1.807) is 34.7 Å². The molecular formula is C14H22N4O5. The number of hydrogen-bond acceptors (Lipinski definition) is 6. The van der Waals surface area contributed by atoms with Crippen LogP contribution in [0.25, 0.3) is 0 Å². The Morgan fingerprint density at radius 1 is 1.48 bits per heavy atom. The van der Waals surface area contributed by atoms with Crippen LogP contribution in [-0.2, 0) is 20.9 Å². The second-order valence-corrected chi connectivity index (χ2v) is 6.36. The summed E-state index contributed by atoms with van der Waals surface area (Å²) in [7, 11) is 1.56. The van der Waals surface area contributed by atoms with Gasteiger partial charge in [-0.2, -0.15) is 5.10 Å². The number of likely N-dealkylation sites (N-methyl/N-ethyl adjacent to an activating group) is 1. The molecule has 0 aromatic carbocycles. The van der Waals surface area contributed by atoms with Crippen molar-refractivity contribution < 1.29 is 19.2 Å². The fourth-order valence-electron chi connectivity index (χ4n) is 1.78. The van der Waals surface area contributed by atoms with Gasteiger partial charge in [0.25, 0.3) is 0 Å². The molecule has 23 heavy (non-hydrogen) atoms. The zero-order valence-corrected chi connectivity index (χ0v) is 14.0. The van der Waals surface area contributed by atoms with E-state index in [9.17, 15) is 19.7 Å². The zero-order valence-electron chi connectivity index (χ0n) is 14.0. The lowest BCUT2D eigenvalue weighted by Gasteiger charge is -2.25. The SMILES string of the molecule is CC(CN(C)C(=O)Cn1cc([N+](=O)[O-])cn1)C(=O)OC(C)(C)C. The first-order chi connectivity index (χ1) is 10.5. The van der Waals surface area contributed by atoms with E-state index in [2.05, 4.69) is 5.10 Å². The third-order valence-corrected chi connectivity index (χ3v) is 2.91. The highest BCUT2D eigenvalue weighted by atomic mass is 16.6. The van der Waals surface area contributed by atoms with Crippen LogP contribution < -0.4 is 0 Å². The Labute approximate surface area is 134 Å². The number of esters is 1. The summed E-state index contributed by atoms with van der Waals surface area (Å²) in [5, 5.41) is 14.3. The summed E-state index contributed by atoms with van der Waals surface area (Å²) >= 11 is 0. The van der Waals surface area contributed by atoms with E-state index < -0.39 is 16.4 Å². The maximum Gasteiger partial charge on any atom is 0.310 e. The van der Waals surface area contributed by atoms with Crippen molar-refractivity contribution in [3.63, 3.8) is 0 Å². The van der Waals surface area contributed by atoms with Gasteiger partial charge in [0.15, 0.2) is 0 Å². The number of hydrogen-bond donors (Lipinski definition) is 0. The van der Waals surface area contributed by atoms with Crippen LogP contribution in [0.2, 0.25) is 0 Å². The van der Waals surface area contributed by atoms with Crippen LogP contribution in [0.3, 0.4) is 0 Å². The van der Waals surface area contributed by atoms with Crippen molar-refractivity contribution in [3.8, 4) is 0 Å². The van der Waals surface area contributed by atoms with Crippen molar-refractivity contribution in [2.24, 2.45) is 5.92 Å². The molecule has 0 radical (unpaired) electrons. The Bertz CT molecular complexity index is 590. The van der Waals surface area contributed by atoms with E-state index in [1.165, 1.54) is 15.8 Å². The molecule has 0 spiro atoms. The van der Waals surface area contributed by atoms with Crippen molar-refractivity contribution in [2.45, 2.75) is 39.8 Å². The average molecular weight is 326 g/mol. The van der Waals surface area contributed by atoms with Crippen molar-refractivity contribution >= 4 is 17.6 Å². The molecule has 1 aromatic heterocycles. The minimum atomic E-state index is -0.581. The van der Waals surface area contributed by atoms with Gasteiger partial charge in [-0.3, -0.25) is 24.4 Å². The normalized spacial score (nSPS) is 12.6. The fraction of sp³-hybridized carbons (Fsp3) is 0.643. The molecule has 1 unspecified atom stereocenters. The molecule has 0 aliphatic rings. The molecule has 0 saturated carbocycles. The number of nitrogens with zero attached hydrogens (tertiary/aromatic N) is 4. The molecule has 9 heteroatoms. The van der Waals surface area contributed by atoms with Gasteiger partial charge in [-0.05, 0) is 20.8 Å². The highest BCUT2D eigenvalue weighted by Crippen LogP contribution is 2.12. The van der Waals surface area contributed by atoms with Crippen LogP contribution in [0, 0.1) is 16.0 Å². The molecule has 0 aliphatic heterocycles. The molecule has 0 bridgehead atoms. The van der Waals surface area contributed by atoms with Gasteiger partial charge in [-0.1, -0.05) is 6.92 Å². The van der Waals surface area contributed by atoms with Crippen LogP contribution in [0.1, 0.15) is 27.7 Å². The molecule has 0 fully saturated rings. The first-order valence-electron chi connectivity index (χ1n) is 7.13. The summed E-state index contributed by atoms with van der Waals surface area (Å²) in [6, 6.07) is 0. The van der Waals surface area contributed by atoms with Gasteiger partial charge in [0.05, 0.1) is 10.8 Å². The number of aromatic nitrogens is 2. The van der Waals surface area contributed by atoms with Gasteiger partial charge in [0.1, 0.15) is 24.5 Å². The molecule has 1 rings (SSSR count). The predicted molar refractivity (Wildman–Crippen MR) is 81.5 cm³/mol. The second-order valence-electron chi connectivity index (χ2n) is 6.36. The second kappa shape index (κ2) is 7.21. The Hall–Kier alpha value is -2.45. The third kappa shape index (κ3) is 6.05. The van der Waals surface area contributed by atoms with E-state index in [4.69, 9.17) is 4.74 Å². The summed E-state index contributed by atoms with van der Waals surface area (Å²) < 4.78 is 6.45. The first-order valence-corrected chi connectivity index (χ1v) is 7.13. The van der Waals surface area contributed by atoms with Crippen LogP contribution in [-0.4, -0.2) is 50.7 Å². The van der Waals surface area contributed by atoms with Crippen molar-refractivity contribution in [1.29, 1.82) is 0 Å². The van der Waals surface area contributed by atoms with Gasteiger partial charge in [0.2, 0.25) is 5.91 Å². The molecule has 0 N–H and O–H groups in total. The van der Waals surface area contributed by atoms with E-state index in [-0.39, 0.29) is 30.7 Å². The molecule has 0 saturated heterocycles. The summed E-state index contributed by atoms with van der Waals surface area (Å²) in [4.78, 5) is 35.3.